The number of nitrogens with one attached hydrogen (secondary N) is 1. The molecule has 164 valence electrons. The van der Waals surface area contributed by atoms with Gasteiger partial charge in [0.05, 0.1) is 17.4 Å². The number of thiophene rings is 1. The van der Waals surface area contributed by atoms with Gasteiger partial charge in [-0.05, 0) is 36.6 Å². The minimum absolute atomic E-state index is 0.583. The number of benzene rings is 3. The van der Waals surface area contributed by atoms with Crippen LogP contribution in [0.25, 0.3) is 0 Å². The molecule has 5 aromatic rings. The van der Waals surface area contributed by atoms with Gasteiger partial charge in [-0.2, -0.15) is 0 Å². The predicted molar refractivity (Wildman–Crippen MR) is 135 cm³/mol. The van der Waals surface area contributed by atoms with Crippen LogP contribution in [-0.2, 0) is 11.0 Å². The van der Waals surface area contributed by atoms with Gasteiger partial charge in [0.2, 0.25) is 0 Å². The normalized spacial score (nSPS) is 13.5. The van der Waals surface area contributed by atoms with Gasteiger partial charge in [-0.1, -0.05) is 91.0 Å². The van der Waals surface area contributed by atoms with Gasteiger partial charge in [0.15, 0.2) is 5.60 Å². The number of nitrogens with zero attached hydrogens (tertiary/aromatic N) is 1. The highest BCUT2D eigenvalue weighted by Gasteiger charge is 2.58. The van der Waals surface area contributed by atoms with Gasteiger partial charge in [-0.15, -0.1) is 11.3 Å². The molecule has 3 aromatic carbocycles. The maximum Gasteiger partial charge on any atom is 0.152 e. The van der Waals surface area contributed by atoms with Gasteiger partial charge in [0.1, 0.15) is 0 Å². The summed E-state index contributed by atoms with van der Waals surface area (Å²) in [7, 11) is 0. The molecule has 2 heterocycles. The monoisotopic (exact) mass is 450 g/mol. The molecule has 0 amide bonds. The van der Waals surface area contributed by atoms with Gasteiger partial charge >= 0.3 is 0 Å². The molecule has 33 heavy (non-hydrogen) atoms. The van der Waals surface area contributed by atoms with Crippen LogP contribution in [0.15, 0.2) is 110 Å². The van der Waals surface area contributed by atoms with Crippen molar-refractivity contribution in [2.24, 2.45) is 0 Å². The van der Waals surface area contributed by atoms with E-state index in [0.717, 1.165) is 32.0 Å². The molecule has 1 unspecified atom stereocenters. The second kappa shape index (κ2) is 8.47. The van der Waals surface area contributed by atoms with Crippen molar-refractivity contribution < 1.29 is 5.11 Å². The third kappa shape index (κ3) is 3.26. The Morgan fingerprint density at radius 3 is 1.61 bits per heavy atom. The standard InChI is InChI=1S/C29H26N2OS/c1-21-18-26(22(2)33-21)29(32,27-19-30-20-31-27)28(23-12-6-3-7-13-23,24-14-8-4-9-15-24)25-16-10-5-11-17-25/h3-20,32H,1-2H3,(H,30,31). The minimum atomic E-state index is -1.48. The van der Waals surface area contributed by atoms with Gasteiger partial charge < -0.3 is 10.1 Å². The van der Waals surface area contributed by atoms with Crippen LogP contribution in [0.4, 0.5) is 0 Å². The molecule has 0 fully saturated rings. The Labute approximate surface area is 198 Å². The molecule has 0 bridgehead atoms. The summed E-state index contributed by atoms with van der Waals surface area (Å²) >= 11 is 1.70. The number of hydrogen-bond acceptors (Lipinski definition) is 3. The lowest BCUT2D eigenvalue weighted by Crippen LogP contribution is -2.52. The highest BCUT2D eigenvalue weighted by Crippen LogP contribution is 2.56. The largest absolute Gasteiger partial charge is 0.377 e. The average Bonchev–Trinajstić information content (AvgIpc) is 3.52. The van der Waals surface area contributed by atoms with Crippen molar-refractivity contribution in [2.75, 3.05) is 0 Å². The van der Waals surface area contributed by atoms with Gasteiger partial charge in [-0.3, -0.25) is 0 Å². The molecule has 2 aromatic heterocycles. The SMILES string of the molecule is Cc1cc(C(O)(c2c[nH]cn2)C(c2ccccc2)(c2ccccc2)c2ccccc2)c(C)s1. The maximum absolute atomic E-state index is 13.2. The number of rotatable bonds is 6. The van der Waals surface area contributed by atoms with Crippen molar-refractivity contribution in [2.45, 2.75) is 24.9 Å². The second-order valence-corrected chi connectivity index (χ2v) is 9.80. The van der Waals surface area contributed by atoms with Crippen LogP contribution in [0.1, 0.15) is 37.7 Å². The summed E-state index contributed by atoms with van der Waals surface area (Å²) in [6, 6.07) is 33.0. The maximum atomic E-state index is 13.2. The minimum Gasteiger partial charge on any atom is -0.377 e. The Kier molecular flexibility index (Phi) is 5.49. The molecule has 3 nitrogen and oxygen atoms in total. The Balaban J connectivity index is 2.02. The van der Waals surface area contributed by atoms with Crippen molar-refractivity contribution in [3.05, 3.63) is 147 Å². The lowest BCUT2D eigenvalue weighted by molar-refractivity contribution is 0.0241. The van der Waals surface area contributed by atoms with E-state index in [9.17, 15) is 5.11 Å². The summed E-state index contributed by atoms with van der Waals surface area (Å²) in [5, 5.41) is 13.2. The molecule has 0 spiro atoms. The van der Waals surface area contributed by atoms with E-state index in [-0.39, 0.29) is 0 Å². The fraction of sp³-hybridized carbons (Fsp3) is 0.138. The fourth-order valence-electron chi connectivity index (χ4n) is 5.17. The molecule has 0 aliphatic heterocycles. The summed E-state index contributed by atoms with van der Waals surface area (Å²) in [5.74, 6) is 0. The average molecular weight is 451 g/mol. The number of aromatic amines is 1. The molecule has 0 aliphatic carbocycles. The van der Waals surface area contributed by atoms with Gasteiger partial charge in [0, 0.05) is 21.5 Å². The number of hydrogen-bond donors (Lipinski definition) is 2. The van der Waals surface area contributed by atoms with Crippen LogP contribution in [0.3, 0.4) is 0 Å². The van der Waals surface area contributed by atoms with Gasteiger partial charge in [-0.25, -0.2) is 4.98 Å². The highest BCUT2D eigenvalue weighted by molar-refractivity contribution is 7.12. The lowest BCUT2D eigenvalue weighted by Gasteiger charge is -2.48. The number of aliphatic hydroxyl groups is 1. The zero-order chi connectivity index (χ0) is 22.9. The van der Waals surface area contributed by atoms with E-state index < -0.39 is 11.0 Å². The van der Waals surface area contributed by atoms with E-state index in [0.29, 0.717) is 5.69 Å². The van der Waals surface area contributed by atoms with E-state index in [1.807, 2.05) is 60.8 Å². The second-order valence-electron chi connectivity index (χ2n) is 8.34. The van der Waals surface area contributed by atoms with Crippen LogP contribution >= 0.6 is 11.3 Å². The summed E-state index contributed by atoms with van der Waals surface area (Å²) in [4.78, 5) is 9.97. The smallest absolute Gasteiger partial charge is 0.152 e. The zero-order valence-corrected chi connectivity index (χ0v) is 19.5. The summed E-state index contributed by atoms with van der Waals surface area (Å²) < 4.78 is 0. The molecular weight excluding hydrogens is 424 g/mol. The van der Waals surface area contributed by atoms with Crippen LogP contribution < -0.4 is 0 Å². The van der Waals surface area contributed by atoms with Crippen molar-refractivity contribution >= 4 is 11.3 Å². The Morgan fingerprint density at radius 2 is 1.24 bits per heavy atom. The topological polar surface area (TPSA) is 48.9 Å². The Hall–Kier alpha value is -3.47. The van der Waals surface area contributed by atoms with Crippen LogP contribution in [0.5, 0.6) is 0 Å². The number of aromatic nitrogens is 2. The van der Waals surface area contributed by atoms with E-state index >= 15 is 0 Å². The lowest BCUT2D eigenvalue weighted by atomic mass is 9.56. The first-order valence-corrected chi connectivity index (χ1v) is 11.9. The highest BCUT2D eigenvalue weighted by atomic mass is 32.1. The molecular formula is C29H26N2OS. The van der Waals surface area contributed by atoms with Gasteiger partial charge in [0.25, 0.3) is 0 Å². The van der Waals surface area contributed by atoms with E-state index in [1.54, 1.807) is 17.7 Å². The molecule has 2 N–H and O–H groups in total. The summed E-state index contributed by atoms with van der Waals surface area (Å²) in [6.45, 7) is 4.16. The Bertz CT molecular complexity index is 1230. The van der Waals surface area contributed by atoms with Crippen molar-refractivity contribution in [3.63, 3.8) is 0 Å². The molecule has 5 rings (SSSR count). The van der Waals surface area contributed by atoms with E-state index in [4.69, 9.17) is 0 Å². The van der Waals surface area contributed by atoms with Crippen LogP contribution in [0, 0.1) is 13.8 Å². The molecule has 0 radical (unpaired) electrons. The van der Waals surface area contributed by atoms with Crippen LogP contribution in [0.2, 0.25) is 0 Å². The summed E-state index contributed by atoms with van der Waals surface area (Å²) in [5.41, 5.74) is 2.01. The summed E-state index contributed by atoms with van der Waals surface area (Å²) in [6.07, 6.45) is 3.45. The van der Waals surface area contributed by atoms with Crippen LogP contribution in [-0.4, -0.2) is 15.1 Å². The van der Waals surface area contributed by atoms with Crippen molar-refractivity contribution in [1.29, 1.82) is 0 Å². The molecule has 0 saturated carbocycles. The third-order valence-electron chi connectivity index (χ3n) is 6.46. The molecule has 1 atom stereocenters. The van der Waals surface area contributed by atoms with Crippen molar-refractivity contribution in [3.8, 4) is 0 Å². The predicted octanol–water partition coefficient (Wildman–Crippen LogP) is 6.36. The Morgan fingerprint density at radius 1 is 0.758 bits per heavy atom. The number of H-pyrrole nitrogens is 1. The number of aryl methyl sites for hydroxylation is 2. The molecule has 0 aliphatic rings. The molecule has 4 heteroatoms. The van der Waals surface area contributed by atoms with E-state index in [1.165, 1.54) is 0 Å². The van der Waals surface area contributed by atoms with Crippen molar-refractivity contribution in [1.82, 2.24) is 9.97 Å². The first kappa shape index (κ1) is 21.4. The fourth-order valence-corrected chi connectivity index (χ4v) is 6.15. The quantitative estimate of drug-likeness (QED) is 0.296. The molecule has 0 saturated heterocycles. The number of imidazole rings is 1. The third-order valence-corrected chi connectivity index (χ3v) is 7.43. The first-order valence-electron chi connectivity index (χ1n) is 11.0. The first-order chi connectivity index (χ1) is 16.1. The zero-order valence-electron chi connectivity index (χ0n) is 18.7. The van der Waals surface area contributed by atoms with E-state index in [2.05, 4.69) is 66.3 Å².